The first-order chi connectivity index (χ1) is 13.2. The molecule has 0 amide bonds. The Hall–Kier alpha value is -3.74. The minimum atomic E-state index is -0.345. The molecule has 0 saturated heterocycles. The predicted molar refractivity (Wildman–Crippen MR) is 96.3 cm³/mol. The van der Waals surface area contributed by atoms with Gasteiger partial charge in [0, 0.05) is 30.6 Å². The van der Waals surface area contributed by atoms with Gasteiger partial charge in [-0.3, -0.25) is 9.78 Å². The van der Waals surface area contributed by atoms with Gasteiger partial charge in [0.15, 0.2) is 11.5 Å². The molecule has 2 aromatic heterocycles. The van der Waals surface area contributed by atoms with E-state index in [0.29, 0.717) is 34.8 Å². The van der Waals surface area contributed by atoms with Crippen molar-refractivity contribution in [3.05, 3.63) is 64.6 Å². The standard InChI is InChI=1S/C20H13NO6/c22-14-5-12(24-9-11-1-3-21-4-2-11)6-18-19(14)20(23)13-7-16-17(26-10-25-16)8-15(13)27-18/h1-8,22H,9-10H2. The lowest BCUT2D eigenvalue weighted by Gasteiger charge is -2.09. The molecule has 1 aliphatic rings. The molecule has 1 aliphatic heterocycles. The Balaban J connectivity index is 1.61. The zero-order valence-corrected chi connectivity index (χ0v) is 14.0. The number of nitrogens with zero attached hydrogens (tertiary/aromatic N) is 1. The Morgan fingerprint density at radius 2 is 1.81 bits per heavy atom. The van der Waals surface area contributed by atoms with Crippen LogP contribution in [0.3, 0.4) is 0 Å². The summed E-state index contributed by atoms with van der Waals surface area (Å²) < 4.78 is 22.2. The van der Waals surface area contributed by atoms with E-state index >= 15 is 0 Å². The third kappa shape index (κ3) is 2.60. The molecule has 0 atom stereocenters. The highest BCUT2D eigenvalue weighted by molar-refractivity contribution is 5.95. The van der Waals surface area contributed by atoms with Crippen molar-refractivity contribution < 1.29 is 23.7 Å². The normalized spacial score (nSPS) is 12.6. The van der Waals surface area contributed by atoms with Gasteiger partial charge in [-0.2, -0.15) is 0 Å². The zero-order chi connectivity index (χ0) is 18.4. The average Bonchev–Trinajstić information content (AvgIpc) is 3.13. The van der Waals surface area contributed by atoms with Gasteiger partial charge in [0.1, 0.15) is 34.7 Å². The number of hydrogen-bond donors (Lipinski definition) is 1. The average molecular weight is 363 g/mol. The van der Waals surface area contributed by atoms with Crippen LogP contribution in [0, 0.1) is 0 Å². The number of phenols is 1. The maximum Gasteiger partial charge on any atom is 0.231 e. The Morgan fingerprint density at radius 1 is 1.04 bits per heavy atom. The lowest BCUT2D eigenvalue weighted by atomic mass is 10.1. The SMILES string of the molecule is O=c1c2cc3c(cc2oc2cc(OCc4ccncc4)cc(O)c12)OCO3. The number of fused-ring (bicyclic) bond motifs is 3. The summed E-state index contributed by atoms with van der Waals surface area (Å²) in [7, 11) is 0. The van der Waals surface area contributed by atoms with Crippen LogP contribution in [0.5, 0.6) is 23.0 Å². The molecule has 3 heterocycles. The van der Waals surface area contributed by atoms with Gasteiger partial charge in [0.25, 0.3) is 0 Å². The molecular weight excluding hydrogens is 350 g/mol. The second-order valence-electron chi connectivity index (χ2n) is 6.09. The lowest BCUT2D eigenvalue weighted by Crippen LogP contribution is -2.03. The van der Waals surface area contributed by atoms with Gasteiger partial charge in [-0.1, -0.05) is 0 Å². The van der Waals surface area contributed by atoms with Gasteiger partial charge in [0.05, 0.1) is 5.39 Å². The van der Waals surface area contributed by atoms with Gasteiger partial charge in [0.2, 0.25) is 12.2 Å². The number of aromatic nitrogens is 1. The summed E-state index contributed by atoms with van der Waals surface area (Å²) in [5.74, 6) is 1.18. The molecule has 0 aliphatic carbocycles. The van der Waals surface area contributed by atoms with Crippen LogP contribution < -0.4 is 19.6 Å². The number of ether oxygens (including phenoxy) is 3. The number of phenolic OH excluding ortho intramolecular Hbond substituents is 1. The molecule has 0 bridgehead atoms. The summed E-state index contributed by atoms with van der Waals surface area (Å²) in [6.45, 7) is 0.390. The first-order valence-electron chi connectivity index (χ1n) is 8.24. The molecule has 27 heavy (non-hydrogen) atoms. The Bertz CT molecular complexity index is 1230. The fourth-order valence-electron chi connectivity index (χ4n) is 3.05. The largest absolute Gasteiger partial charge is 0.507 e. The zero-order valence-electron chi connectivity index (χ0n) is 14.0. The second kappa shape index (κ2) is 5.91. The molecule has 0 radical (unpaired) electrons. The Morgan fingerprint density at radius 3 is 2.63 bits per heavy atom. The molecule has 2 aromatic carbocycles. The summed E-state index contributed by atoms with van der Waals surface area (Å²) in [6, 6.07) is 9.82. The minimum absolute atomic E-state index is 0.0949. The van der Waals surface area contributed by atoms with Crippen LogP contribution in [0.25, 0.3) is 21.9 Å². The van der Waals surface area contributed by atoms with Crippen LogP contribution in [0.4, 0.5) is 0 Å². The van der Waals surface area contributed by atoms with E-state index in [2.05, 4.69) is 4.98 Å². The first kappa shape index (κ1) is 15.5. The van der Waals surface area contributed by atoms with Crippen molar-refractivity contribution in [2.75, 3.05) is 6.79 Å². The topological polar surface area (TPSA) is 91.0 Å². The van der Waals surface area contributed by atoms with Gasteiger partial charge < -0.3 is 23.7 Å². The number of rotatable bonds is 3. The van der Waals surface area contributed by atoms with Crippen LogP contribution in [0.15, 0.2) is 58.0 Å². The molecule has 7 heteroatoms. The Kier molecular flexibility index (Phi) is 3.39. The highest BCUT2D eigenvalue weighted by Crippen LogP contribution is 2.37. The maximum absolute atomic E-state index is 12.8. The molecular formula is C20H13NO6. The molecule has 0 unspecified atom stereocenters. The first-order valence-corrected chi connectivity index (χ1v) is 8.24. The second-order valence-corrected chi connectivity index (χ2v) is 6.09. The van der Waals surface area contributed by atoms with E-state index in [9.17, 15) is 9.90 Å². The smallest absolute Gasteiger partial charge is 0.231 e. The summed E-state index contributed by atoms with van der Waals surface area (Å²) >= 11 is 0. The van der Waals surface area contributed by atoms with Crippen LogP contribution in [0.1, 0.15) is 5.56 Å². The molecule has 134 valence electrons. The monoisotopic (exact) mass is 363 g/mol. The molecule has 0 fully saturated rings. The predicted octanol–water partition coefficient (Wildman–Crippen LogP) is 3.35. The Labute approximate surface area is 152 Å². The van der Waals surface area contributed by atoms with Crippen molar-refractivity contribution in [1.82, 2.24) is 4.98 Å². The number of hydrogen-bond acceptors (Lipinski definition) is 7. The molecule has 1 N–H and O–H groups in total. The van der Waals surface area contributed by atoms with Crippen molar-refractivity contribution in [3.63, 3.8) is 0 Å². The summed E-state index contributed by atoms with van der Waals surface area (Å²) in [5.41, 5.74) is 1.17. The van der Waals surface area contributed by atoms with E-state index in [0.717, 1.165) is 5.56 Å². The van der Waals surface area contributed by atoms with E-state index in [1.54, 1.807) is 30.6 Å². The van der Waals surface area contributed by atoms with Gasteiger partial charge in [-0.05, 0) is 23.8 Å². The van der Waals surface area contributed by atoms with Crippen molar-refractivity contribution in [2.45, 2.75) is 6.61 Å². The highest BCUT2D eigenvalue weighted by Gasteiger charge is 2.19. The van der Waals surface area contributed by atoms with Crippen LogP contribution in [0.2, 0.25) is 0 Å². The third-order valence-electron chi connectivity index (χ3n) is 4.38. The maximum atomic E-state index is 12.8. The van der Waals surface area contributed by atoms with Crippen LogP contribution >= 0.6 is 0 Å². The molecule has 0 saturated carbocycles. The molecule has 5 rings (SSSR count). The number of aromatic hydroxyl groups is 1. The summed E-state index contributed by atoms with van der Waals surface area (Å²) in [6.07, 6.45) is 3.35. The molecule has 4 aromatic rings. The van der Waals surface area contributed by atoms with Crippen LogP contribution in [-0.4, -0.2) is 16.9 Å². The fraction of sp³-hybridized carbons (Fsp3) is 0.100. The van der Waals surface area contributed by atoms with E-state index < -0.39 is 0 Å². The van der Waals surface area contributed by atoms with E-state index in [-0.39, 0.29) is 28.9 Å². The fourth-order valence-corrected chi connectivity index (χ4v) is 3.05. The molecule has 0 spiro atoms. The summed E-state index contributed by atoms with van der Waals surface area (Å²) in [5, 5.41) is 10.8. The van der Waals surface area contributed by atoms with Crippen molar-refractivity contribution in [3.8, 4) is 23.0 Å². The highest BCUT2D eigenvalue weighted by atomic mass is 16.7. The van der Waals surface area contributed by atoms with Crippen molar-refractivity contribution in [1.29, 1.82) is 0 Å². The summed E-state index contributed by atoms with van der Waals surface area (Å²) in [4.78, 5) is 16.8. The van der Waals surface area contributed by atoms with E-state index in [1.807, 2.05) is 12.1 Å². The van der Waals surface area contributed by atoms with E-state index in [1.165, 1.54) is 6.07 Å². The third-order valence-corrected chi connectivity index (χ3v) is 4.38. The van der Waals surface area contributed by atoms with Gasteiger partial charge >= 0.3 is 0 Å². The van der Waals surface area contributed by atoms with Gasteiger partial charge in [-0.15, -0.1) is 0 Å². The number of benzene rings is 2. The van der Waals surface area contributed by atoms with E-state index in [4.69, 9.17) is 18.6 Å². The number of pyridine rings is 1. The van der Waals surface area contributed by atoms with Gasteiger partial charge in [-0.25, -0.2) is 0 Å². The van der Waals surface area contributed by atoms with Crippen molar-refractivity contribution in [2.24, 2.45) is 0 Å². The minimum Gasteiger partial charge on any atom is -0.507 e. The molecule has 7 nitrogen and oxygen atoms in total. The quantitative estimate of drug-likeness (QED) is 0.558. The van der Waals surface area contributed by atoms with Crippen molar-refractivity contribution >= 4 is 21.9 Å². The van der Waals surface area contributed by atoms with Crippen LogP contribution in [-0.2, 0) is 6.61 Å². The lowest BCUT2D eigenvalue weighted by molar-refractivity contribution is 0.174.